The quantitative estimate of drug-likeness (QED) is 0.0222. The van der Waals surface area contributed by atoms with Gasteiger partial charge in [0.25, 0.3) is 0 Å². The van der Waals surface area contributed by atoms with Gasteiger partial charge in [-0.1, -0.05) is 370 Å². The molecule has 0 radical (unpaired) electrons. The molecule has 0 aliphatic rings. The molecule has 0 fully saturated rings. The molecule has 0 heterocycles. The third-order valence-electron chi connectivity index (χ3n) is 19.8. The number of unbranched alkanes of at least 4 members (excludes halogenated alkanes) is 43. The molecular weight excluding hydrogens is 1320 g/mol. The van der Waals surface area contributed by atoms with E-state index in [1.807, 2.05) is 0 Å². The second-order valence-electron chi connectivity index (χ2n) is 31.0. The van der Waals surface area contributed by atoms with Crippen molar-refractivity contribution >= 4 is 39.5 Å². The lowest BCUT2D eigenvalue weighted by Gasteiger charge is -2.21. The second-order valence-corrected chi connectivity index (χ2v) is 33.9. The van der Waals surface area contributed by atoms with E-state index >= 15 is 0 Å². The van der Waals surface area contributed by atoms with Crippen LogP contribution in [-0.4, -0.2) is 96.7 Å². The molecule has 0 spiro atoms. The van der Waals surface area contributed by atoms with Gasteiger partial charge >= 0.3 is 39.5 Å². The second kappa shape index (κ2) is 71.0. The fourth-order valence-corrected chi connectivity index (χ4v) is 14.1. The molecule has 19 heteroatoms. The minimum absolute atomic E-state index is 0.105. The van der Waals surface area contributed by atoms with Crippen LogP contribution in [-0.2, 0) is 65.4 Å². The number of aliphatic hydroxyl groups is 1. The summed E-state index contributed by atoms with van der Waals surface area (Å²) in [6, 6.07) is 0. The van der Waals surface area contributed by atoms with E-state index in [0.717, 1.165) is 114 Å². The number of rotatable bonds is 79. The minimum Gasteiger partial charge on any atom is -0.462 e. The van der Waals surface area contributed by atoms with Crippen molar-refractivity contribution in [1.29, 1.82) is 0 Å². The molecule has 0 rings (SSSR count). The van der Waals surface area contributed by atoms with Gasteiger partial charge < -0.3 is 33.8 Å². The van der Waals surface area contributed by atoms with E-state index in [-0.39, 0.29) is 25.7 Å². The molecule has 17 nitrogen and oxygen atoms in total. The van der Waals surface area contributed by atoms with Crippen LogP contribution in [0.3, 0.4) is 0 Å². The maximum Gasteiger partial charge on any atom is 0.472 e. The van der Waals surface area contributed by atoms with Crippen molar-refractivity contribution in [3.05, 3.63) is 0 Å². The lowest BCUT2D eigenvalue weighted by Crippen LogP contribution is -2.30. The smallest absolute Gasteiger partial charge is 0.462 e. The van der Waals surface area contributed by atoms with Gasteiger partial charge in [0.05, 0.1) is 26.4 Å². The summed E-state index contributed by atoms with van der Waals surface area (Å²) in [5.74, 6) is 1.03. The first-order valence-corrected chi connectivity index (χ1v) is 45.3. The Hall–Kier alpha value is -1.94. The average molecular weight is 1480 g/mol. The summed E-state index contributed by atoms with van der Waals surface area (Å²) in [6.07, 6.45) is 58.4. The molecule has 0 aromatic carbocycles. The molecular formula is C82H160O17P2. The van der Waals surface area contributed by atoms with Gasteiger partial charge in [-0.05, 0) is 49.4 Å². The van der Waals surface area contributed by atoms with Gasteiger partial charge in [0.2, 0.25) is 0 Å². The highest BCUT2D eigenvalue weighted by molar-refractivity contribution is 7.47. The maximum absolute atomic E-state index is 13.1. The number of hydrogen-bond acceptors (Lipinski definition) is 15. The van der Waals surface area contributed by atoms with Crippen LogP contribution in [0.5, 0.6) is 0 Å². The Balaban J connectivity index is 5.18. The Labute approximate surface area is 619 Å². The van der Waals surface area contributed by atoms with Gasteiger partial charge in [-0.2, -0.15) is 0 Å². The van der Waals surface area contributed by atoms with E-state index in [1.54, 1.807) is 0 Å². The first-order valence-electron chi connectivity index (χ1n) is 42.3. The highest BCUT2D eigenvalue weighted by atomic mass is 31.2. The first-order chi connectivity index (χ1) is 48.7. The first kappa shape index (κ1) is 99.1. The van der Waals surface area contributed by atoms with E-state index in [1.165, 1.54) is 218 Å². The molecule has 7 atom stereocenters. The maximum atomic E-state index is 13.1. The van der Waals surface area contributed by atoms with Crippen LogP contribution < -0.4 is 0 Å². The zero-order valence-corrected chi connectivity index (χ0v) is 68.3. The Morgan fingerprint density at radius 1 is 0.277 bits per heavy atom. The van der Waals surface area contributed by atoms with Gasteiger partial charge in [-0.15, -0.1) is 0 Å². The Morgan fingerprint density at radius 3 is 0.703 bits per heavy atom. The van der Waals surface area contributed by atoms with Gasteiger partial charge in [-0.25, -0.2) is 9.13 Å². The summed E-state index contributed by atoms with van der Waals surface area (Å²) < 4.78 is 68.7. The number of aliphatic hydroxyl groups excluding tert-OH is 1. The Bertz CT molecular complexity index is 1980. The number of carbonyl (C=O) groups excluding carboxylic acids is 4. The zero-order chi connectivity index (χ0) is 74.6. The summed E-state index contributed by atoms with van der Waals surface area (Å²) >= 11 is 0. The fraction of sp³-hybridized carbons (Fsp3) is 0.951. The molecule has 5 unspecified atom stereocenters. The molecule has 0 saturated carbocycles. The fourth-order valence-electron chi connectivity index (χ4n) is 12.5. The molecule has 3 N–H and O–H groups in total. The van der Waals surface area contributed by atoms with E-state index in [9.17, 15) is 43.2 Å². The highest BCUT2D eigenvalue weighted by Crippen LogP contribution is 2.45. The highest BCUT2D eigenvalue weighted by Gasteiger charge is 2.30. The average Bonchev–Trinajstić information content (AvgIpc) is 0.933. The normalized spacial score (nSPS) is 14.5. The van der Waals surface area contributed by atoms with Crippen LogP contribution in [0.15, 0.2) is 0 Å². The Kier molecular flexibility index (Phi) is 69.6. The molecule has 600 valence electrons. The predicted molar refractivity (Wildman–Crippen MR) is 414 cm³/mol. The molecule has 0 aliphatic heterocycles. The minimum atomic E-state index is -4.96. The zero-order valence-electron chi connectivity index (χ0n) is 66.5. The van der Waals surface area contributed by atoms with Crippen molar-refractivity contribution in [1.82, 2.24) is 0 Å². The van der Waals surface area contributed by atoms with Crippen LogP contribution in [0, 0.1) is 23.7 Å². The monoisotopic (exact) mass is 1480 g/mol. The van der Waals surface area contributed by atoms with E-state index in [4.69, 9.17) is 37.0 Å². The third kappa shape index (κ3) is 73.4. The predicted octanol–water partition coefficient (Wildman–Crippen LogP) is 24.4. The summed E-state index contributed by atoms with van der Waals surface area (Å²) in [5, 5.41) is 10.6. The number of phosphoric acid groups is 2. The summed E-state index contributed by atoms with van der Waals surface area (Å²) in [7, 11) is -9.92. The largest absolute Gasteiger partial charge is 0.472 e. The van der Waals surface area contributed by atoms with Crippen LogP contribution in [0.25, 0.3) is 0 Å². The molecule has 0 aromatic heterocycles. The van der Waals surface area contributed by atoms with Gasteiger partial charge in [0, 0.05) is 25.7 Å². The summed E-state index contributed by atoms with van der Waals surface area (Å²) in [4.78, 5) is 73.0. The number of phosphoric ester groups is 2. The van der Waals surface area contributed by atoms with Crippen LogP contribution in [0.2, 0.25) is 0 Å². The molecule has 0 amide bonds. The van der Waals surface area contributed by atoms with Crippen LogP contribution >= 0.6 is 15.6 Å². The van der Waals surface area contributed by atoms with E-state index in [0.29, 0.717) is 31.6 Å². The molecule has 0 bridgehead atoms. The summed E-state index contributed by atoms with van der Waals surface area (Å²) in [5.41, 5.74) is 0. The van der Waals surface area contributed by atoms with Crippen LogP contribution in [0.1, 0.15) is 421 Å². The molecule has 0 saturated heterocycles. The number of esters is 4. The molecule has 0 aromatic rings. The number of carbonyl (C=O) groups is 4. The van der Waals surface area contributed by atoms with Crippen molar-refractivity contribution in [3.63, 3.8) is 0 Å². The SMILES string of the molecule is CCC(C)CCCCCCCCCCCCCCCCC(=O)O[C@H](COC(=O)CCCCCCCCCC(C)C)COP(=O)(O)OCC(O)COP(=O)(O)OC[C@@H](COC(=O)CCCCCCCCCCCCCCCCCCCCC(C)C)OC(=O)CCCCCCCCCCC(C)CC. The van der Waals surface area contributed by atoms with Crippen molar-refractivity contribution in [2.24, 2.45) is 23.7 Å². The van der Waals surface area contributed by atoms with Crippen molar-refractivity contribution in [2.45, 2.75) is 440 Å². The lowest BCUT2D eigenvalue weighted by molar-refractivity contribution is -0.161. The lowest BCUT2D eigenvalue weighted by atomic mass is 9.99. The Morgan fingerprint density at radius 2 is 0.475 bits per heavy atom. The van der Waals surface area contributed by atoms with Gasteiger partial charge in [0.15, 0.2) is 12.2 Å². The number of hydrogen-bond donors (Lipinski definition) is 3. The molecule has 101 heavy (non-hydrogen) atoms. The van der Waals surface area contributed by atoms with E-state index in [2.05, 4.69) is 55.4 Å². The summed E-state index contributed by atoms with van der Waals surface area (Å²) in [6.45, 7) is 14.3. The van der Waals surface area contributed by atoms with Crippen molar-refractivity contribution in [2.75, 3.05) is 39.6 Å². The molecule has 0 aliphatic carbocycles. The van der Waals surface area contributed by atoms with Gasteiger partial charge in [0.1, 0.15) is 19.3 Å². The van der Waals surface area contributed by atoms with Crippen molar-refractivity contribution < 1.29 is 80.2 Å². The van der Waals surface area contributed by atoms with Gasteiger partial charge in [-0.3, -0.25) is 37.3 Å². The van der Waals surface area contributed by atoms with E-state index < -0.39 is 97.5 Å². The topological polar surface area (TPSA) is 237 Å². The number of ether oxygens (including phenoxy) is 4. The van der Waals surface area contributed by atoms with Crippen molar-refractivity contribution in [3.8, 4) is 0 Å². The van der Waals surface area contributed by atoms with Crippen LogP contribution in [0.4, 0.5) is 0 Å². The third-order valence-corrected chi connectivity index (χ3v) is 21.7. The standard InChI is InChI=1S/C82H160O17P2/c1-9-74(7)60-52-44-36-28-24-20-17-18-22-26-30-39-48-56-64-81(86)98-78(69-93-80(85)63-55-47-41-33-35-43-51-59-73(5)6)71-97-101(90,91)95-67-76(83)66-94-100(88,89)96-70-77(99-82(87)65-57-49-40-32-31-37-45-53-61-75(8)10-2)68-92-79(84)62-54-46-38-29-25-21-16-14-12-11-13-15-19-23-27-34-42-50-58-72(3)4/h72-78,83H,9-71H2,1-8H3,(H,88,89)(H,90,91)/t74?,75?,76?,77-,78-/m1/s1.